The van der Waals surface area contributed by atoms with Gasteiger partial charge in [-0.15, -0.1) is 0 Å². The Balaban J connectivity index is 1.53. The summed E-state index contributed by atoms with van der Waals surface area (Å²) in [5, 5.41) is 6.12. The monoisotopic (exact) mass is 280 g/mol. The van der Waals surface area contributed by atoms with Gasteiger partial charge in [-0.3, -0.25) is 9.79 Å². The van der Waals surface area contributed by atoms with Crippen LogP contribution in [0.15, 0.2) is 4.99 Å². The normalized spacial score (nSPS) is 21.3. The van der Waals surface area contributed by atoms with Crippen molar-refractivity contribution in [2.24, 2.45) is 16.6 Å². The molecule has 2 rings (SSSR count). The highest BCUT2D eigenvalue weighted by Gasteiger charge is 2.17. The lowest BCUT2D eigenvalue weighted by atomic mass is 9.86. The summed E-state index contributed by atoms with van der Waals surface area (Å²) in [6.07, 6.45) is 10.4. The SMILES string of the molecule is NC(=NCC1CCC1)NCCC(=O)NC1CCCCC1. The van der Waals surface area contributed by atoms with E-state index in [1.807, 2.05) is 0 Å². The van der Waals surface area contributed by atoms with Gasteiger partial charge in [-0.1, -0.05) is 25.7 Å². The molecule has 0 aromatic heterocycles. The van der Waals surface area contributed by atoms with Crippen molar-refractivity contribution in [2.75, 3.05) is 13.1 Å². The largest absolute Gasteiger partial charge is 0.370 e. The maximum absolute atomic E-state index is 11.8. The quantitative estimate of drug-likeness (QED) is 0.510. The number of hydrogen-bond donors (Lipinski definition) is 3. The predicted molar refractivity (Wildman–Crippen MR) is 81.5 cm³/mol. The second-order valence-corrected chi connectivity index (χ2v) is 6.10. The highest BCUT2D eigenvalue weighted by molar-refractivity contribution is 5.80. The van der Waals surface area contributed by atoms with Crippen LogP contribution in [0.2, 0.25) is 0 Å². The minimum atomic E-state index is 0.121. The minimum Gasteiger partial charge on any atom is -0.370 e. The van der Waals surface area contributed by atoms with Gasteiger partial charge in [-0.25, -0.2) is 0 Å². The second-order valence-electron chi connectivity index (χ2n) is 6.10. The standard InChI is InChI=1S/C15H28N4O/c16-15(18-11-12-5-4-6-12)17-10-9-14(20)19-13-7-2-1-3-8-13/h12-13H,1-11H2,(H,19,20)(H3,16,17,18). The summed E-state index contributed by atoms with van der Waals surface area (Å²) >= 11 is 0. The van der Waals surface area contributed by atoms with E-state index in [0.29, 0.717) is 25.0 Å². The molecule has 4 N–H and O–H groups in total. The molecule has 2 saturated carbocycles. The third kappa shape index (κ3) is 5.39. The molecule has 5 nitrogen and oxygen atoms in total. The molecule has 1 amide bonds. The Morgan fingerprint density at radius 2 is 1.85 bits per heavy atom. The van der Waals surface area contributed by atoms with Crippen molar-refractivity contribution in [2.45, 2.75) is 63.8 Å². The van der Waals surface area contributed by atoms with Gasteiger partial charge in [0.15, 0.2) is 5.96 Å². The fraction of sp³-hybridized carbons (Fsp3) is 0.867. The van der Waals surface area contributed by atoms with E-state index in [1.165, 1.54) is 38.5 Å². The fourth-order valence-electron chi connectivity index (χ4n) is 2.81. The van der Waals surface area contributed by atoms with Gasteiger partial charge in [-0.05, 0) is 31.6 Å². The molecule has 0 atom stereocenters. The molecule has 0 bridgehead atoms. The Kier molecular flexibility index (Phi) is 6.15. The van der Waals surface area contributed by atoms with Gasteiger partial charge in [0.1, 0.15) is 0 Å². The maximum atomic E-state index is 11.8. The lowest BCUT2D eigenvalue weighted by molar-refractivity contribution is -0.121. The second kappa shape index (κ2) is 8.12. The number of nitrogens with one attached hydrogen (secondary N) is 2. The molecule has 0 aromatic carbocycles. The Labute approximate surface area is 121 Å². The van der Waals surface area contributed by atoms with Gasteiger partial charge in [0.25, 0.3) is 0 Å². The summed E-state index contributed by atoms with van der Waals surface area (Å²) in [5.41, 5.74) is 5.78. The van der Waals surface area contributed by atoms with Crippen molar-refractivity contribution in [1.29, 1.82) is 0 Å². The number of carbonyl (C=O) groups is 1. The first-order chi connectivity index (χ1) is 9.74. The summed E-state index contributed by atoms with van der Waals surface area (Å²) in [5.74, 6) is 1.32. The van der Waals surface area contributed by atoms with Gasteiger partial charge in [0.05, 0.1) is 0 Å². The van der Waals surface area contributed by atoms with Gasteiger partial charge in [0.2, 0.25) is 5.91 Å². The summed E-state index contributed by atoms with van der Waals surface area (Å²) in [4.78, 5) is 16.1. The molecular formula is C15H28N4O. The molecular weight excluding hydrogens is 252 g/mol. The zero-order chi connectivity index (χ0) is 14.2. The summed E-state index contributed by atoms with van der Waals surface area (Å²) in [7, 11) is 0. The molecule has 114 valence electrons. The van der Waals surface area contributed by atoms with Crippen LogP contribution >= 0.6 is 0 Å². The average Bonchev–Trinajstić information content (AvgIpc) is 2.38. The van der Waals surface area contributed by atoms with Crippen LogP contribution in [0, 0.1) is 5.92 Å². The Morgan fingerprint density at radius 1 is 1.10 bits per heavy atom. The number of hydrogen-bond acceptors (Lipinski definition) is 2. The van der Waals surface area contributed by atoms with E-state index in [0.717, 1.165) is 25.3 Å². The van der Waals surface area contributed by atoms with E-state index in [-0.39, 0.29) is 5.91 Å². The topological polar surface area (TPSA) is 79.5 Å². The highest BCUT2D eigenvalue weighted by Crippen LogP contribution is 2.26. The van der Waals surface area contributed by atoms with Crippen LogP contribution in [0.3, 0.4) is 0 Å². The van der Waals surface area contributed by atoms with E-state index in [2.05, 4.69) is 15.6 Å². The lowest BCUT2D eigenvalue weighted by Gasteiger charge is -2.23. The third-order valence-corrected chi connectivity index (χ3v) is 4.37. The Morgan fingerprint density at radius 3 is 2.50 bits per heavy atom. The first-order valence-electron chi connectivity index (χ1n) is 8.07. The van der Waals surface area contributed by atoms with Gasteiger partial charge >= 0.3 is 0 Å². The number of nitrogens with two attached hydrogens (primary N) is 1. The molecule has 0 saturated heterocycles. The Bertz CT molecular complexity index is 333. The van der Waals surface area contributed by atoms with E-state index >= 15 is 0 Å². The van der Waals surface area contributed by atoms with Crippen molar-refractivity contribution in [1.82, 2.24) is 10.6 Å². The fourth-order valence-corrected chi connectivity index (χ4v) is 2.81. The minimum absolute atomic E-state index is 0.121. The predicted octanol–water partition coefficient (Wildman–Crippen LogP) is 1.53. The van der Waals surface area contributed by atoms with Crippen LogP contribution < -0.4 is 16.4 Å². The molecule has 2 fully saturated rings. The van der Waals surface area contributed by atoms with Crippen molar-refractivity contribution < 1.29 is 4.79 Å². The number of amides is 1. The van der Waals surface area contributed by atoms with Crippen molar-refractivity contribution in [3.05, 3.63) is 0 Å². The molecule has 0 spiro atoms. The van der Waals surface area contributed by atoms with Crippen molar-refractivity contribution in [3.63, 3.8) is 0 Å². The van der Waals surface area contributed by atoms with Gasteiger partial charge < -0.3 is 16.4 Å². The van der Waals surface area contributed by atoms with Crippen LogP contribution in [0.25, 0.3) is 0 Å². The van der Waals surface area contributed by atoms with Crippen LogP contribution in [0.5, 0.6) is 0 Å². The number of aliphatic imine (C=N–C) groups is 1. The zero-order valence-corrected chi connectivity index (χ0v) is 12.4. The van der Waals surface area contributed by atoms with E-state index in [1.54, 1.807) is 0 Å². The molecule has 5 heteroatoms. The number of carbonyl (C=O) groups excluding carboxylic acids is 1. The molecule has 0 unspecified atom stereocenters. The Hall–Kier alpha value is -1.26. The molecule has 20 heavy (non-hydrogen) atoms. The first-order valence-corrected chi connectivity index (χ1v) is 8.07. The summed E-state index contributed by atoms with van der Waals surface area (Å²) in [6.45, 7) is 1.39. The molecule has 0 aliphatic heterocycles. The lowest BCUT2D eigenvalue weighted by Crippen LogP contribution is -2.39. The number of rotatable bonds is 6. The van der Waals surface area contributed by atoms with E-state index in [9.17, 15) is 4.79 Å². The maximum Gasteiger partial charge on any atom is 0.221 e. The van der Waals surface area contributed by atoms with Crippen LogP contribution in [0.4, 0.5) is 0 Å². The molecule has 2 aliphatic rings. The van der Waals surface area contributed by atoms with Crippen molar-refractivity contribution >= 4 is 11.9 Å². The molecule has 0 aromatic rings. The smallest absolute Gasteiger partial charge is 0.221 e. The third-order valence-electron chi connectivity index (χ3n) is 4.37. The van der Waals surface area contributed by atoms with Crippen molar-refractivity contribution in [3.8, 4) is 0 Å². The van der Waals surface area contributed by atoms with Gasteiger partial charge in [0, 0.05) is 25.6 Å². The van der Waals surface area contributed by atoms with Gasteiger partial charge in [-0.2, -0.15) is 0 Å². The van der Waals surface area contributed by atoms with Crippen LogP contribution in [-0.2, 0) is 4.79 Å². The summed E-state index contributed by atoms with van der Waals surface area (Å²) < 4.78 is 0. The number of guanidine groups is 1. The zero-order valence-electron chi connectivity index (χ0n) is 12.4. The first kappa shape index (κ1) is 15.1. The van der Waals surface area contributed by atoms with E-state index < -0.39 is 0 Å². The number of nitrogens with zero attached hydrogens (tertiary/aromatic N) is 1. The molecule has 0 heterocycles. The van der Waals surface area contributed by atoms with Crippen LogP contribution in [0.1, 0.15) is 57.8 Å². The molecule has 2 aliphatic carbocycles. The van der Waals surface area contributed by atoms with Crippen LogP contribution in [-0.4, -0.2) is 31.0 Å². The summed E-state index contributed by atoms with van der Waals surface area (Å²) in [6, 6.07) is 0.390. The molecule has 0 radical (unpaired) electrons. The van der Waals surface area contributed by atoms with E-state index in [4.69, 9.17) is 5.73 Å². The highest BCUT2D eigenvalue weighted by atomic mass is 16.1. The average molecular weight is 280 g/mol.